The van der Waals surface area contributed by atoms with Crippen LogP contribution in [-0.2, 0) is 6.42 Å². The fourth-order valence-corrected chi connectivity index (χ4v) is 2.73. The van der Waals surface area contributed by atoms with E-state index in [-0.39, 0.29) is 11.8 Å². The molecule has 1 heterocycles. The van der Waals surface area contributed by atoms with Crippen molar-refractivity contribution in [3.63, 3.8) is 0 Å². The van der Waals surface area contributed by atoms with E-state index in [1.807, 2.05) is 64.2 Å². The summed E-state index contributed by atoms with van der Waals surface area (Å²) in [5.41, 5.74) is 4.13. The highest BCUT2D eigenvalue weighted by atomic mass is 16.5. The van der Waals surface area contributed by atoms with Crippen molar-refractivity contribution in [3.05, 3.63) is 70.5 Å². The third kappa shape index (κ3) is 3.73. The lowest BCUT2D eigenvalue weighted by molar-refractivity contribution is 0.103. The summed E-state index contributed by atoms with van der Waals surface area (Å²) in [6, 6.07) is 13.3. The van der Waals surface area contributed by atoms with Crippen molar-refractivity contribution in [1.29, 1.82) is 0 Å². The van der Waals surface area contributed by atoms with Gasteiger partial charge in [-0.15, -0.1) is 0 Å². The van der Waals surface area contributed by atoms with E-state index in [4.69, 9.17) is 4.52 Å². The van der Waals surface area contributed by atoms with Crippen LogP contribution in [0.15, 0.2) is 47.0 Å². The molecule has 0 saturated heterocycles. The summed E-state index contributed by atoms with van der Waals surface area (Å²) in [5.74, 6) is 0.943. The number of likely N-dealkylation sites (N-methyl/N-ethyl adjacent to an activating group) is 1. The monoisotopic (exact) mass is 349 g/mol. The maximum absolute atomic E-state index is 13.0. The van der Waals surface area contributed by atoms with Gasteiger partial charge in [0.05, 0.1) is 5.56 Å². The van der Waals surface area contributed by atoms with E-state index in [0.29, 0.717) is 34.8 Å². The van der Waals surface area contributed by atoms with Crippen LogP contribution in [0.4, 0.5) is 0 Å². The van der Waals surface area contributed by atoms with E-state index in [0.717, 1.165) is 11.1 Å². The Morgan fingerprint density at radius 3 is 2.65 bits per heavy atom. The second-order valence-electron chi connectivity index (χ2n) is 6.58. The third-order valence-electron chi connectivity index (χ3n) is 4.62. The van der Waals surface area contributed by atoms with Crippen LogP contribution in [0.2, 0.25) is 0 Å². The summed E-state index contributed by atoms with van der Waals surface area (Å²) in [6.07, 6.45) is 0.660. The summed E-state index contributed by atoms with van der Waals surface area (Å²) >= 11 is 0. The Bertz CT molecular complexity index is 931. The molecule has 1 aromatic heterocycles. The highest BCUT2D eigenvalue weighted by Crippen LogP contribution is 2.25. The molecule has 3 rings (SSSR count). The van der Waals surface area contributed by atoms with Gasteiger partial charge < -0.3 is 9.84 Å². The van der Waals surface area contributed by atoms with Crippen LogP contribution in [0.3, 0.4) is 0 Å². The van der Waals surface area contributed by atoms with Gasteiger partial charge in [0.2, 0.25) is 0 Å². The minimum absolute atomic E-state index is 0.0490. The molecule has 1 atom stereocenters. The predicted octanol–water partition coefficient (Wildman–Crippen LogP) is 3.73. The van der Waals surface area contributed by atoms with Gasteiger partial charge in [-0.3, -0.25) is 4.79 Å². The fraction of sp³-hybridized carbons (Fsp3) is 0.286. The molecule has 26 heavy (non-hydrogen) atoms. The lowest BCUT2D eigenvalue weighted by atomic mass is 9.96. The van der Waals surface area contributed by atoms with Gasteiger partial charge in [-0.2, -0.15) is 4.98 Å². The standard InChI is InChI=1S/C21H23N3O2/c1-13-9-10-16(11-14(13)2)20(25)17-7-5-6-8-18(17)21-23-19(24-26-21)12-15(3)22-4/h5-11,15,22H,12H2,1-4H3. The van der Waals surface area contributed by atoms with Gasteiger partial charge in [0.15, 0.2) is 11.6 Å². The number of benzene rings is 2. The molecule has 1 N–H and O–H groups in total. The number of hydrogen-bond acceptors (Lipinski definition) is 5. The van der Waals surface area contributed by atoms with Gasteiger partial charge in [-0.25, -0.2) is 0 Å². The Kier molecular flexibility index (Phi) is 5.28. The first-order valence-electron chi connectivity index (χ1n) is 8.70. The third-order valence-corrected chi connectivity index (χ3v) is 4.62. The molecule has 0 radical (unpaired) electrons. The number of carbonyl (C=O) groups excluding carboxylic acids is 1. The lowest BCUT2D eigenvalue weighted by Crippen LogP contribution is -2.24. The number of nitrogens with zero attached hydrogens (tertiary/aromatic N) is 2. The molecule has 3 aromatic rings. The van der Waals surface area contributed by atoms with Gasteiger partial charge in [0, 0.05) is 23.6 Å². The maximum atomic E-state index is 13.0. The summed E-state index contributed by atoms with van der Waals surface area (Å²) in [5, 5.41) is 7.19. The molecule has 134 valence electrons. The Morgan fingerprint density at radius 1 is 1.15 bits per heavy atom. The highest BCUT2D eigenvalue weighted by molar-refractivity contribution is 6.12. The molecular formula is C21H23N3O2. The van der Waals surface area contributed by atoms with Crippen LogP contribution >= 0.6 is 0 Å². The number of nitrogens with one attached hydrogen (secondary N) is 1. The average molecular weight is 349 g/mol. The zero-order valence-electron chi connectivity index (χ0n) is 15.5. The molecular weight excluding hydrogens is 326 g/mol. The Morgan fingerprint density at radius 2 is 1.92 bits per heavy atom. The molecule has 0 aliphatic carbocycles. The predicted molar refractivity (Wildman–Crippen MR) is 101 cm³/mol. The number of carbonyl (C=O) groups is 1. The maximum Gasteiger partial charge on any atom is 0.258 e. The van der Waals surface area contributed by atoms with Gasteiger partial charge in [-0.05, 0) is 51.1 Å². The molecule has 1 unspecified atom stereocenters. The second kappa shape index (κ2) is 7.62. The first-order valence-corrected chi connectivity index (χ1v) is 8.70. The number of hydrogen-bond donors (Lipinski definition) is 1. The quantitative estimate of drug-likeness (QED) is 0.687. The smallest absolute Gasteiger partial charge is 0.258 e. The van der Waals surface area contributed by atoms with Crippen LogP contribution in [0.1, 0.15) is 39.8 Å². The normalized spacial score (nSPS) is 12.2. The lowest BCUT2D eigenvalue weighted by Gasteiger charge is -2.07. The van der Waals surface area contributed by atoms with Crippen molar-refractivity contribution in [3.8, 4) is 11.5 Å². The van der Waals surface area contributed by atoms with Crippen molar-refractivity contribution in [1.82, 2.24) is 15.5 Å². The number of aryl methyl sites for hydroxylation is 2. The van der Waals surface area contributed by atoms with E-state index >= 15 is 0 Å². The van der Waals surface area contributed by atoms with Crippen LogP contribution in [0.25, 0.3) is 11.5 Å². The number of ketones is 1. The van der Waals surface area contributed by atoms with Gasteiger partial charge >= 0.3 is 0 Å². The van der Waals surface area contributed by atoms with Gasteiger partial charge in [-0.1, -0.05) is 35.5 Å². The van der Waals surface area contributed by atoms with Crippen LogP contribution < -0.4 is 5.32 Å². The number of rotatable bonds is 6. The number of aromatic nitrogens is 2. The van der Waals surface area contributed by atoms with Crippen LogP contribution in [-0.4, -0.2) is 29.0 Å². The zero-order valence-corrected chi connectivity index (χ0v) is 15.5. The Labute approximate surface area is 153 Å². The molecule has 0 bridgehead atoms. The molecule has 5 nitrogen and oxygen atoms in total. The van der Waals surface area contributed by atoms with Crippen molar-refractivity contribution in [2.24, 2.45) is 0 Å². The van der Waals surface area contributed by atoms with E-state index in [9.17, 15) is 4.79 Å². The van der Waals surface area contributed by atoms with Crippen molar-refractivity contribution < 1.29 is 9.32 Å². The van der Waals surface area contributed by atoms with Crippen molar-refractivity contribution >= 4 is 5.78 Å². The van der Waals surface area contributed by atoms with E-state index in [1.165, 1.54) is 0 Å². The van der Waals surface area contributed by atoms with Gasteiger partial charge in [0.1, 0.15) is 0 Å². The van der Waals surface area contributed by atoms with Crippen molar-refractivity contribution in [2.75, 3.05) is 7.05 Å². The summed E-state index contributed by atoms with van der Waals surface area (Å²) in [6.45, 7) is 6.09. The summed E-state index contributed by atoms with van der Waals surface area (Å²) in [4.78, 5) is 17.5. The Balaban J connectivity index is 1.96. The first-order chi connectivity index (χ1) is 12.5. The van der Waals surface area contributed by atoms with E-state index in [1.54, 1.807) is 6.07 Å². The zero-order chi connectivity index (χ0) is 18.7. The average Bonchev–Trinajstić information content (AvgIpc) is 3.11. The van der Waals surface area contributed by atoms with E-state index in [2.05, 4.69) is 15.5 Å². The van der Waals surface area contributed by atoms with Crippen LogP contribution in [0, 0.1) is 13.8 Å². The molecule has 5 heteroatoms. The van der Waals surface area contributed by atoms with Crippen LogP contribution in [0.5, 0.6) is 0 Å². The minimum Gasteiger partial charge on any atom is -0.334 e. The molecule has 0 amide bonds. The Hall–Kier alpha value is -2.79. The molecule has 0 spiro atoms. The van der Waals surface area contributed by atoms with Gasteiger partial charge in [0.25, 0.3) is 5.89 Å². The topological polar surface area (TPSA) is 68.0 Å². The van der Waals surface area contributed by atoms with Crippen molar-refractivity contribution in [2.45, 2.75) is 33.2 Å². The fourth-order valence-electron chi connectivity index (χ4n) is 2.73. The summed E-state index contributed by atoms with van der Waals surface area (Å²) < 4.78 is 5.42. The first kappa shape index (κ1) is 18.0. The molecule has 2 aromatic carbocycles. The largest absolute Gasteiger partial charge is 0.334 e. The molecule has 0 aliphatic heterocycles. The second-order valence-corrected chi connectivity index (χ2v) is 6.58. The molecule has 0 saturated carbocycles. The van der Waals surface area contributed by atoms with E-state index < -0.39 is 0 Å². The minimum atomic E-state index is -0.0490. The molecule has 0 fully saturated rings. The molecule has 0 aliphatic rings. The SMILES string of the molecule is CNC(C)Cc1noc(-c2ccccc2C(=O)c2ccc(C)c(C)c2)n1. The summed E-state index contributed by atoms with van der Waals surface area (Å²) in [7, 11) is 1.89. The highest BCUT2D eigenvalue weighted by Gasteiger charge is 2.19.